The predicted octanol–water partition coefficient (Wildman–Crippen LogP) is 1.29. The monoisotopic (exact) mass is 252 g/mol. The summed E-state index contributed by atoms with van der Waals surface area (Å²) in [6.45, 7) is -0.158. The number of rotatable bonds is 3. The Morgan fingerprint density at radius 2 is 2.24 bits per heavy atom. The summed E-state index contributed by atoms with van der Waals surface area (Å²) in [5.74, 6) is 0.0288. The molecule has 0 aromatic carbocycles. The highest BCUT2D eigenvalue weighted by Gasteiger charge is 2.28. The van der Waals surface area contributed by atoms with Crippen molar-refractivity contribution < 1.29 is 14.4 Å². The second-order valence-electron chi connectivity index (χ2n) is 3.83. The number of aryl methyl sites for hydroxylation is 1. The molecule has 5 nitrogen and oxygen atoms in total. The van der Waals surface area contributed by atoms with Gasteiger partial charge in [-0.25, -0.2) is 0 Å². The van der Waals surface area contributed by atoms with Crippen molar-refractivity contribution in [3.05, 3.63) is 24.0 Å². The molecule has 17 heavy (non-hydrogen) atoms. The summed E-state index contributed by atoms with van der Waals surface area (Å²) < 4.78 is 1.75. The number of amides is 2. The minimum atomic E-state index is -0.328. The smallest absolute Gasteiger partial charge is 0.288 e. The van der Waals surface area contributed by atoms with Crippen LogP contribution in [0.5, 0.6) is 0 Å². The third-order valence-electron chi connectivity index (χ3n) is 2.52. The van der Waals surface area contributed by atoms with Crippen LogP contribution in [0.25, 0.3) is 0 Å². The Balaban J connectivity index is 2.07. The maximum atomic E-state index is 11.8. The van der Waals surface area contributed by atoms with Crippen LogP contribution < -0.4 is 0 Å². The molecule has 6 heteroatoms. The minimum Gasteiger partial charge on any atom is -0.357 e. The zero-order valence-corrected chi connectivity index (χ0v) is 10.2. The third kappa shape index (κ3) is 2.58. The first kappa shape index (κ1) is 11.9. The molecule has 90 valence electrons. The number of aromatic nitrogens is 1. The van der Waals surface area contributed by atoms with E-state index in [0.717, 1.165) is 16.7 Å². The molecule has 2 rings (SSSR count). The van der Waals surface area contributed by atoms with Crippen molar-refractivity contribution in [1.82, 2.24) is 9.47 Å². The maximum absolute atomic E-state index is 11.8. The van der Waals surface area contributed by atoms with Crippen LogP contribution in [-0.2, 0) is 11.8 Å². The van der Waals surface area contributed by atoms with Crippen LogP contribution >= 0.6 is 11.8 Å². The summed E-state index contributed by atoms with van der Waals surface area (Å²) in [4.78, 5) is 35.9. The molecule has 1 aliphatic rings. The topological polar surface area (TPSA) is 59.4 Å². The highest BCUT2D eigenvalue weighted by Crippen LogP contribution is 2.18. The lowest BCUT2D eigenvalue weighted by Gasteiger charge is -2.23. The van der Waals surface area contributed by atoms with Gasteiger partial charge in [0.25, 0.3) is 5.24 Å². The Bertz CT molecular complexity index is 465. The fraction of sp³-hybridized carbons (Fsp3) is 0.364. The highest BCUT2D eigenvalue weighted by molar-refractivity contribution is 8.13. The predicted molar refractivity (Wildman–Crippen MR) is 63.9 cm³/mol. The van der Waals surface area contributed by atoms with Crippen molar-refractivity contribution in [3.8, 4) is 0 Å². The molecule has 0 bridgehead atoms. The molecular formula is C11H12N2O3S. The fourth-order valence-corrected chi connectivity index (χ4v) is 2.37. The van der Waals surface area contributed by atoms with Crippen molar-refractivity contribution in [1.29, 1.82) is 0 Å². The van der Waals surface area contributed by atoms with Gasteiger partial charge in [-0.2, -0.15) is 0 Å². The molecule has 0 aliphatic carbocycles. The fourth-order valence-electron chi connectivity index (χ4n) is 1.60. The Hall–Kier alpha value is -1.56. The lowest BCUT2D eigenvalue weighted by Crippen LogP contribution is -2.41. The van der Waals surface area contributed by atoms with E-state index in [4.69, 9.17) is 0 Å². The number of thioether (sulfide) groups is 1. The van der Waals surface area contributed by atoms with Gasteiger partial charge in [-0.15, -0.1) is 0 Å². The molecule has 0 spiro atoms. The van der Waals surface area contributed by atoms with E-state index in [9.17, 15) is 14.4 Å². The van der Waals surface area contributed by atoms with Crippen LogP contribution in [0.15, 0.2) is 18.5 Å². The number of ketones is 1. The minimum absolute atomic E-state index is 0.158. The Labute approximate surface area is 103 Å². The molecule has 0 radical (unpaired) electrons. The average Bonchev–Trinajstić information content (AvgIpc) is 2.70. The largest absolute Gasteiger partial charge is 0.357 e. The molecular weight excluding hydrogens is 240 g/mol. The summed E-state index contributed by atoms with van der Waals surface area (Å²) >= 11 is 1.08. The number of carbonyl (C=O) groups excluding carboxylic acids is 3. The summed E-state index contributed by atoms with van der Waals surface area (Å²) in [5, 5.41) is -0.328. The molecule has 1 aliphatic heterocycles. The third-order valence-corrected chi connectivity index (χ3v) is 3.39. The molecule has 1 aromatic rings. The molecule has 0 saturated carbocycles. The molecule has 2 heterocycles. The van der Waals surface area contributed by atoms with E-state index in [0.29, 0.717) is 17.7 Å². The van der Waals surface area contributed by atoms with Crippen molar-refractivity contribution in [2.24, 2.45) is 7.05 Å². The van der Waals surface area contributed by atoms with E-state index in [1.54, 1.807) is 23.0 Å². The van der Waals surface area contributed by atoms with Gasteiger partial charge in [0.2, 0.25) is 5.91 Å². The van der Waals surface area contributed by atoms with Crippen molar-refractivity contribution in [3.63, 3.8) is 0 Å². The maximum Gasteiger partial charge on any atom is 0.288 e. The van der Waals surface area contributed by atoms with Crippen molar-refractivity contribution in [2.45, 2.75) is 6.42 Å². The first-order valence-corrected chi connectivity index (χ1v) is 6.19. The molecule has 1 saturated heterocycles. The molecule has 0 unspecified atom stereocenters. The van der Waals surface area contributed by atoms with Crippen LogP contribution in [0.2, 0.25) is 0 Å². The number of nitrogens with zero attached hydrogens (tertiary/aromatic N) is 2. The van der Waals surface area contributed by atoms with Gasteiger partial charge in [-0.1, -0.05) is 11.8 Å². The first-order valence-electron chi connectivity index (χ1n) is 5.20. The van der Waals surface area contributed by atoms with Crippen LogP contribution in [-0.4, -0.2) is 38.7 Å². The summed E-state index contributed by atoms with van der Waals surface area (Å²) in [6, 6.07) is 1.67. The lowest BCUT2D eigenvalue weighted by atomic mass is 10.2. The van der Waals surface area contributed by atoms with E-state index >= 15 is 0 Å². The van der Waals surface area contributed by atoms with Gasteiger partial charge in [0.1, 0.15) is 0 Å². The molecule has 2 amide bonds. The molecule has 0 atom stereocenters. The van der Waals surface area contributed by atoms with Gasteiger partial charge in [0.05, 0.1) is 6.54 Å². The number of hydrogen-bond acceptors (Lipinski definition) is 4. The Morgan fingerprint density at radius 1 is 1.47 bits per heavy atom. The van der Waals surface area contributed by atoms with Crippen LogP contribution in [0.4, 0.5) is 4.79 Å². The standard InChI is InChI=1S/C11H12N2O3S/c1-12-4-2-8(6-12)9(14)7-13-10(15)3-5-17-11(13)16/h2,4,6H,3,5,7H2,1H3. The number of Topliss-reactive ketones (excluding diaryl/α,β-unsaturated/α-hetero) is 1. The summed E-state index contributed by atoms with van der Waals surface area (Å²) in [6.07, 6.45) is 3.74. The SMILES string of the molecule is Cn1ccc(C(=O)CN2C(=O)CCSC2=O)c1. The zero-order chi connectivity index (χ0) is 12.4. The summed E-state index contributed by atoms with van der Waals surface area (Å²) in [7, 11) is 1.81. The van der Waals surface area contributed by atoms with E-state index in [1.165, 1.54) is 0 Å². The Morgan fingerprint density at radius 3 is 2.82 bits per heavy atom. The van der Waals surface area contributed by atoms with E-state index in [-0.39, 0.29) is 23.5 Å². The molecule has 1 aromatic heterocycles. The summed E-state index contributed by atoms with van der Waals surface area (Å²) in [5.41, 5.74) is 0.517. The molecule has 0 N–H and O–H groups in total. The van der Waals surface area contributed by atoms with E-state index in [2.05, 4.69) is 0 Å². The average molecular weight is 252 g/mol. The van der Waals surface area contributed by atoms with E-state index < -0.39 is 0 Å². The van der Waals surface area contributed by atoms with Crippen LogP contribution in [0, 0.1) is 0 Å². The van der Waals surface area contributed by atoms with Crippen LogP contribution in [0.3, 0.4) is 0 Å². The van der Waals surface area contributed by atoms with E-state index in [1.807, 2.05) is 7.05 Å². The quantitative estimate of drug-likeness (QED) is 0.761. The van der Waals surface area contributed by atoms with Gasteiger partial charge in [0, 0.05) is 37.2 Å². The Kier molecular flexibility index (Phi) is 3.33. The zero-order valence-electron chi connectivity index (χ0n) is 9.38. The van der Waals surface area contributed by atoms with Crippen molar-refractivity contribution in [2.75, 3.05) is 12.3 Å². The van der Waals surface area contributed by atoms with Gasteiger partial charge in [-0.05, 0) is 6.07 Å². The number of imide groups is 1. The van der Waals surface area contributed by atoms with Crippen molar-refractivity contribution >= 4 is 28.7 Å². The van der Waals surface area contributed by atoms with Crippen LogP contribution in [0.1, 0.15) is 16.8 Å². The first-order chi connectivity index (χ1) is 8.08. The van der Waals surface area contributed by atoms with Gasteiger partial charge in [0.15, 0.2) is 5.78 Å². The number of carbonyl (C=O) groups is 3. The number of hydrogen-bond donors (Lipinski definition) is 0. The highest BCUT2D eigenvalue weighted by atomic mass is 32.2. The second kappa shape index (κ2) is 4.75. The van der Waals surface area contributed by atoms with Gasteiger partial charge in [-0.3, -0.25) is 19.3 Å². The normalized spacial score (nSPS) is 16.4. The molecule has 1 fully saturated rings. The van der Waals surface area contributed by atoms with Gasteiger partial charge < -0.3 is 4.57 Å². The second-order valence-corrected chi connectivity index (χ2v) is 4.88. The van der Waals surface area contributed by atoms with Gasteiger partial charge >= 0.3 is 0 Å². The lowest BCUT2D eigenvalue weighted by molar-refractivity contribution is -0.127.